The molecule has 3 unspecified atom stereocenters. The fraction of sp³-hybridized carbons (Fsp3) is 0.917. The highest BCUT2D eigenvalue weighted by atomic mass is 16.5. The summed E-state index contributed by atoms with van der Waals surface area (Å²) in [4.78, 5) is 14.1. The SMILES string of the molecule is CCC1COC(C)CN1C(=O)NC1CCOC1. The Morgan fingerprint density at radius 3 is 2.94 bits per heavy atom. The van der Waals surface area contributed by atoms with Crippen LogP contribution in [0.4, 0.5) is 4.79 Å². The fourth-order valence-electron chi connectivity index (χ4n) is 2.34. The van der Waals surface area contributed by atoms with E-state index in [1.807, 2.05) is 11.8 Å². The molecule has 2 heterocycles. The van der Waals surface area contributed by atoms with Crippen molar-refractivity contribution in [1.29, 1.82) is 0 Å². The van der Waals surface area contributed by atoms with Gasteiger partial charge in [0.25, 0.3) is 0 Å². The van der Waals surface area contributed by atoms with Crippen molar-refractivity contribution in [3.05, 3.63) is 0 Å². The Balaban J connectivity index is 1.90. The fourth-order valence-corrected chi connectivity index (χ4v) is 2.34. The summed E-state index contributed by atoms with van der Waals surface area (Å²) in [6.07, 6.45) is 1.98. The Morgan fingerprint density at radius 1 is 1.47 bits per heavy atom. The van der Waals surface area contributed by atoms with Gasteiger partial charge in [0.15, 0.2) is 0 Å². The van der Waals surface area contributed by atoms with Crippen LogP contribution >= 0.6 is 0 Å². The van der Waals surface area contributed by atoms with E-state index in [4.69, 9.17) is 9.47 Å². The second-order valence-electron chi connectivity index (χ2n) is 4.87. The second-order valence-corrected chi connectivity index (χ2v) is 4.87. The number of rotatable bonds is 2. The van der Waals surface area contributed by atoms with Crippen molar-refractivity contribution in [1.82, 2.24) is 10.2 Å². The maximum absolute atomic E-state index is 12.2. The lowest BCUT2D eigenvalue weighted by molar-refractivity contribution is -0.0382. The van der Waals surface area contributed by atoms with E-state index in [1.54, 1.807) is 0 Å². The monoisotopic (exact) mass is 242 g/mol. The number of nitrogens with one attached hydrogen (secondary N) is 1. The molecule has 0 bridgehead atoms. The van der Waals surface area contributed by atoms with Crippen LogP contribution in [0.25, 0.3) is 0 Å². The van der Waals surface area contributed by atoms with Crippen molar-refractivity contribution in [2.24, 2.45) is 0 Å². The zero-order valence-corrected chi connectivity index (χ0v) is 10.6. The van der Waals surface area contributed by atoms with Crippen LogP contribution in [0.1, 0.15) is 26.7 Å². The summed E-state index contributed by atoms with van der Waals surface area (Å²) in [7, 11) is 0. The zero-order valence-electron chi connectivity index (χ0n) is 10.6. The molecule has 0 aliphatic carbocycles. The minimum Gasteiger partial charge on any atom is -0.379 e. The van der Waals surface area contributed by atoms with Gasteiger partial charge in [-0.1, -0.05) is 6.92 Å². The van der Waals surface area contributed by atoms with Crippen LogP contribution in [-0.2, 0) is 9.47 Å². The third-order valence-corrected chi connectivity index (χ3v) is 3.46. The van der Waals surface area contributed by atoms with E-state index < -0.39 is 0 Å². The van der Waals surface area contributed by atoms with Gasteiger partial charge in [-0.2, -0.15) is 0 Å². The third kappa shape index (κ3) is 3.10. The Bertz CT molecular complexity index is 266. The quantitative estimate of drug-likeness (QED) is 0.785. The zero-order chi connectivity index (χ0) is 12.3. The van der Waals surface area contributed by atoms with Crippen molar-refractivity contribution in [2.45, 2.75) is 44.9 Å². The van der Waals surface area contributed by atoms with Gasteiger partial charge in [-0.25, -0.2) is 4.79 Å². The third-order valence-electron chi connectivity index (χ3n) is 3.46. The van der Waals surface area contributed by atoms with Crippen molar-refractivity contribution in [2.75, 3.05) is 26.4 Å². The molecule has 0 aromatic heterocycles. The van der Waals surface area contributed by atoms with E-state index >= 15 is 0 Å². The molecule has 2 amide bonds. The van der Waals surface area contributed by atoms with E-state index in [0.717, 1.165) is 19.4 Å². The molecule has 2 fully saturated rings. The van der Waals surface area contributed by atoms with Gasteiger partial charge >= 0.3 is 6.03 Å². The number of carbonyl (C=O) groups excluding carboxylic acids is 1. The largest absolute Gasteiger partial charge is 0.379 e. The van der Waals surface area contributed by atoms with Crippen LogP contribution < -0.4 is 5.32 Å². The minimum atomic E-state index is 0.0301. The summed E-state index contributed by atoms with van der Waals surface area (Å²) in [6.45, 7) is 6.81. The predicted molar refractivity (Wildman–Crippen MR) is 64.0 cm³/mol. The number of nitrogens with zero attached hydrogens (tertiary/aromatic N) is 1. The van der Waals surface area contributed by atoms with Gasteiger partial charge in [-0.3, -0.25) is 0 Å². The standard InChI is InChI=1S/C12H22N2O3/c1-3-11-8-17-9(2)6-14(11)12(15)13-10-4-5-16-7-10/h9-11H,3-8H2,1-2H3,(H,13,15). The molecule has 2 aliphatic rings. The van der Waals surface area contributed by atoms with Crippen LogP contribution in [-0.4, -0.2) is 55.5 Å². The summed E-state index contributed by atoms with van der Waals surface area (Å²) >= 11 is 0. The molecule has 0 saturated carbocycles. The molecule has 0 radical (unpaired) electrons. The topological polar surface area (TPSA) is 50.8 Å². The summed E-state index contributed by atoms with van der Waals surface area (Å²) in [5.41, 5.74) is 0. The first-order valence-corrected chi connectivity index (χ1v) is 6.47. The molecule has 17 heavy (non-hydrogen) atoms. The van der Waals surface area contributed by atoms with Gasteiger partial charge in [0, 0.05) is 13.2 Å². The summed E-state index contributed by atoms with van der Waals surface area (Å²) in [6, 6.07) is 0.411. The number of urea groups is 1. The Morgan fingerprint density at radius 2 is 2.29 bits per heavy atom. The van der Waals surface area contributed by atoms with Gasteiger partial charge in [0.05, 0.1) is 31.4 Å². The van der Waals surface area contributed by atoms with Crippen LogP contribution in [0.2, 0.25) is 0 Å². The minimum absolute atomic E-state index is 0.0301. The number of ether oxygens (including phenoxy) is 2. The number of hydrogen-bond donors (Lipinski definition) is 1. The number of hydrogen-bond acceptors (Lipinski definition) is 3. The Kier molecular flexibility index (Phi) is 4.23. The van der Waals surface area contributed by atoms with Crippen molar-refractivity contribution in [3.8, 4) is 0 Å². The molecule has 5 nitrogen and oxygen atoms in total. The van der Waals surface area contributed by atoms with Crippen molar-refractivity contribution >= 4 is 6.03 Å². The summed E-state index contributed by atoms with van der Waals surface area (Å²) in [5, 5.41) is 3.04. The molecule has 98 valence electrons. The van der Waals surface area contributed by atoms with Gasteiger partial charge in [0.2, 0.25) is 0 Å². The van der Waals surface area contributed by atoms with E-state index in [-0.39, 0.29) is 24.2 Å². The van der Waals surface area contributed by atoms with E-state index in [9.17, 15) is 4.79 Å². The van der Waals surface area contributed by atoms with Crippen LogP contribution in [0, 0.1) is 0 Å². The molecule has 0 aromatic rings. The predicted octanol–water partition coefficient (Wildman–Crippen LogP) is 0.984. The molecular formula is C12H22N2O3. The Hall–Kier alpha value is -0.810. The van der Waals surface area contributed by atoms with E-state index in [2.05, 4.69) is 12.2 Å². The average Bonchev–Trinajstić information content (AvgIpc) is 2.81. The number of carbonyl (C=O) groups is 1. The first-order valence-electron chi connectivity index (χ1n) is 6.47. The maximum Gasteiger partial charge on any atom is 0.318 e. The molecule has 2 saturated heterocycles. The molecule has 2 aliphatic heterocycles. The van der Waals surface area contributed by atoms with E-state index in [1.165, 1.54) is 0 Å². The van der Waals surface area contributed by atoms with Gasteiger partial charge < -0.3 is 19.7 Å². The molecule has 0 spiro atoms. The molecule has 0 aromatic carbocycles. The smallest absolute Gasteiger partial charge is 0.318 e. The molecule has 5 heteroatoms. The first kappa shape index (κ1) is 12.6. The van der Waals surface area contributed by atoms with Crippen LogP contribution in [0.5, 0.6) is 0 Å². The average molecular weight is 242 g/mol. The van der Waals surface area contributed by atoms with Gasteiger partial charge in [-0.05, 0) is 19.8 Å². The van der Waals surface area contributed by atoms with E-state index in [0.29, 0.717) is 19.8 Å². The molecule has 1 N–H and O–H groups in total. The maximum atomic E-state index is 12.2. The highest BCUT2D eigenvalue weighted by molar-refractivity contribution is 5.75. The van der Waals surface area contributed by atoms with Gasteiger partial charge in [0.1, 0.15) is 0 Å². The summed E-state index contributed by atoms with van der Waals surface area (Å²) in [5.74, 6) is 0. The highest BCUT2D eigenvalue weighted by Crippen LogP contribution is 2.15. The first-order chi connectivity index (χ1) is 8.20. The molecule has 3 atom stereocenters. The molecule has 2 rings (SSSR count). The Labute approximate surface area is 102 Å². The normalized spacial score (nSPS) is 33.8. The van der Waals surface area contributed by atoms with Crippen LogP contribution in [0.15, 0.2) is 0 Å². The lowest BCUT2D eigenvalue weighted by Crippen LogP contribution is -2.56. The second kappa shape index (κ2) is 5.69. The number of morpholine rings is 1. The lowest BCUT2D eigenvalue weighted by atomic mass is 10.1. The van der Waals surface area contributed by atoms with Crippen molar-refractivity contribution in [3.63, 3.8) is 0 Å². The lowest BCUT2D eigenvalue weighted by Gasteiger charge is -2.38. The van der Waals surface area contributed by atoms with Crippen LogP contribution in [0.3, 0.4) is 0 Å². The highest BCUT2D eigenvalue weighted by Gasteiger charge is 2.30. The van der Waals surface area contributed by atoms with Gasteiger partial charge in [-0.15, -0.1) is 0 Å². The molecular weight excluding hydrogens is 220 g/mol. The van der Waals surface area contributed by atoms with Crippen molar-refractivity contribution < 1.29 is 14.3 Å². The summed E-state index contributed by atoms with van der Waals surface area (Å²) < 4.78 is 10.8. The number of amides is 2.